The third kappa shape index (κ3) is 3.89. The first-order valence-electron chi connectivity index (χ1n) is 8.92. The molecule has 0 unspecified atom stereocenters. The van der Waals surface area contributed by atoms with E-state index in [0.29, 0.717) is 11.0 Å². The summed E-state index contributed by atoms with van der Waals surface area (Å²) in [5.41, 5.74) is 10.8. The highest BCUT2D eigenvalue weighted by atomic mass is 79.9. The number of rotatable bonds is 2. The molecule has 1 saturated carbocycles. The van der Waals surface area contributed by atoms with Crippen LogP contribution >= 0.6 is 44.1 Å². The fourth-order valence-electron chi connectivity index (χ4n) is 3.94. The molecule has 1 aliphatic carbocycles. The van der Waals surface area contributed by atoms with E-state index in [1.165, 1.54) is 16.7 Å². The largest absolute Gasteiger partial charge is 0.375 e. The van der Waals surface area contributed by atoms with Crippen molar-refractivity contribution >= 4 is 61.0 Å². The molecule has 2 atom stereocenters. The zero-order valence-corrected chi connectivity index (χ0v) is 18.6. The monoisotopic (exact) mass is 503 g/mol. The number of fused-ring (bicyclic) bond motifs is 1. The van der Waals surface area contributed by atoms with Gasteiger partial charge < -0.3 is 5.73 Å². The maximum Gasteiger partial charge on any atom is 0.187 e. The normalized spacial score (nSPS) is 23.3. The lowest BCUT2D eigenvalue weighted by Crippen LogP contribution is -2.34. The topological polar surface area (TPSA) is 41.6 Å². The summed E-state index contributed by atoms with van der Waals surface area (Å²) in [6, 6.07) is 16.8. The van der Waals surface area contributed by atoms with Crippen LogP contribution in [0, 0.1) is 5.92 Å². The fourth-order valence-corrected chi connectivity index (χ4v) is 4.62. The lowest BCUT2D eigenvalue weighted by molar-refractivity contribution is 0.305. The number of halogens is 2. The number of thiocarbonyl (C=S) groups is 1. The van der Waals surface area contributed by atoms with E-state index in [1.807, 2.05) is 5.01 Å². The molecule has 1 aliphatic heterocycles. The molecular formula is C21H19Br2N3S. The van der Waals surface area contributed by atoms with Gasteiger partial charge in [0, 0.05) is 14.9 Å². The Morgan fingerprint density at radius 2 is 1.70 bits per heavy atom. The molecule has 2 aromatic rings. The van der Waals surface area contributed by atoms with Gasteiger partial charge in [0.1, 0.15) is 0 Å². The van der Waals surface area contributed by atoms with Gasteiger partial charge in [-0.1, -0.05) is 56.1 Å². The molecule has 0 aromatic heterocycles. The number of hydrazone groups is 1. The van der Waals surface area contributed by atoms with Crippen LogP contribution < -0.4 is 5.73 Å². The van der Waals surface area contributed by atoms with E-state index in [0.717, 1.165) is 33.9 Å². The third-order valence-corrected chi connectivity index (χ3v) is 6.39. The zero-order chi connectivity index (χ0) is 19.0. The number of nitrogens with zero attached hydrogens (tertiary/aromatic N) is 2. The smallest absolute Gasteiger partial charge is 0.187 e. The first-order chi connectivity index (χ1) is 13.0. The lowest BCUT2D eigenvalue weighted by Gasteiger charge is -2.29. The molecule has 2 aromatic carbocycles. The summed E-state index contributed by atoms with van der Waals surface area (Å²) in [5, 5.41) is 7.04. The van der Waals surface area contributed by atoms with Crippen molar-refractivity contribution in [1.29, 1.82) is 0 Å². The second kappa shape index (κ2) is 7.86. The highest BCUT2D eigenvalue weighted by Crippen LogP contribution is 2.44. The van der Waals surface area contributed by atoms with Gasteiger partial charge in [0.05, 0.1) is 11.8 Å². The van der Waals surface area contributed by atoms with E-state index in [4.69, 9.17) is 23.1 Å². The zero-order valence-electron chi connectivity index (χ0n) is 14.6. The first-order valence-corrected chi connectivity index (χ1v) is 10.9. The molecular weight excluding hydrogens is 486 g/mol. The number of hydrogen-bond donors (Lipinski definition) is 1. The van der Waals surface area contributed by atoms with Gasteiger partial charge in [-0.25, -0.2) is 5.01 Å². The summed E-state index contributed by atoms with van der Waals surface area (Å²) >= 11 is 12.3. The third-order valence-electron chi connectivity index (χ3n) is 5.15. The fraction of sp³-hybridized carbons (Fsp3) is 0.238. The van der Waals surface area contributed by atoms with Gasteiger partial charge in [0.25, 0.3) is 0 Å². The summed E-state index contributed by atoms with van der Waals surface area (Å²) in [6.45, 7) is 0. The lowest BCUT2D eigenvalue weighted by atomic mass is 9.77. The molecule has 2 N–H and O–H groups in total. The molecule has 27 heavy (non-hydrogen) atoms. The molecule has 2 aliphatic rings. The summed E-state index contributed by atoms with van der Waals surface area (Å²) in [5.74, 6) is 0.308. The molecule has 6 heteroatoms. The standard InChI is InChI=1S/C21H19Br2N3S/c22-16-8-4-13(5-9-16)12-15-2-1-3-18-19(15)25-26(21(24)27)20(18)14-6-10-17(23)11-7-14/h4-12,18,20H,1-3H2,(H2,24,27)/b15-12-/t18-,20+/m0/s1. The van der Waals surface area contributed by atoms with Crippen molar-refractivity contribution < 1.29 is 0 Å². The second-order valence-electron chi connectivity index (χ2n) is 6.88. The summed E-state index contributed by atoms with van der Waals surface area (Å²) in [4.78, 5) is 0. The van der Waals surface area contributed by atoms with Crippen LogP contribution in [0.5, 0.6) is 0 Å². The maximum absolute atomic E-state index is 6.04. The maximum atomic E-state index is 6.04. The highest BCUT2D eigenvalue weighted by Gasteiger charge is 2.42. The summed E-state index contributed by atoms with van der Waals surface area (Å²) in [6.07, 6.45) is 5.52. The molecule has 138 valence electrons. The number of nitrogens with two attached hydrogens (primary N) is 1. The molecule has 3 nitrogen and oxygen atoms in total. The van der Waals surface area contributed by atoms with Crippen molar-refractivity contribution in [2.75, 3.05) is 0 Å². The van der Waals surface area contributed by atoms with Gasteiger partial charge >= 0.3 is 0 Å². The molecule has 0 bridgehead atoms. The van der Waals surface area contributed by atoms with Crippen LogP contribution in [0.15, 0.2) is 68.2 Å². The molecule has 0 spiro atoms. The molecule has 4 rings (SSSR count). The van der Waals surface area contributed by atoms with E-state index < -0.39 is 0 Å². The van der Waals surface area contributed by atoms with Gasteiger partial charge in [-0.2, -0.15) is 5.10 Å². The van der Waals surface area contributed by atoms with E-state index in [9.17, 15) is 0 Å². The van der Waals surface area contributed by atoms with Crippen LogP contribution in [0.25, 0.3) is 6.08 Å². The quantitative estimate of drug-likeness (QED) is 0.506. The molecule has 0 saturated heterocycles. The molecule has 0 radical (unpaired) electrons. The SMILES string of the molecule is NC(=S)N1N=C2/C(=C\c3ccc(Br)cc3)CCC[C@@H]2[C@H]1c1ccc(Br)cc1. The van der Waals surface area contributed by atoms with Crippen LogP contribution in [0.4, 0.5) is 0 Å². The number of benzene rings is 2. The Kier molecular flexibility index (Phi) is 5.48. The Hall–Kier alpha value is -1.50. The Morgan fingerprint density at radius 1 is 1.07 bits per heavy atom. The minimum Gasteiger partial charge on any atom is -0.375 e. The van der Waals surface area contributed by atoms with Crippen molar-refractivity contribution in [2.45, 2.75) is 25.3 Å². The minimum atomic E-state index is 0.0687. The van der Waals surface area contributed by atoms with E-state index in [2.05, 4.69) is 86.5 Å². The predicted octanol–water partition coefficient (Wildman–Crippen LogP) is 6.05. The first kappa shape index (κ1) is 18.8. The Bertz CT molecular complexity index is 919. The minimum absolute atomic E-state index is 0.0687. The van der Waals surface area contributed by atoms with Crippen molar-refractivity contribution in [3.63, 3.8) is 0 Å². The number of hydrogen-bond acceptors (Lipinski definition) is 2. The average Bonchev–Trinajstić information content (AvgIpc) is 3.05. The van der Waals surface area contributed by atoms with Crippen molar-refractivity contribution in [2.24, 2.45) is 16.8 Å². The Morgan fingerprint density at radius 3 is 2.33 bits per heavy atom. The molecule has 1 heterocycles. The highest BCUT2D eigenvalue weighted by molar-refractivity contribution is 9.10. The summed E-state index contributed by atoms with van der Waals surface area (Å²) < 4.78 is 2.14. The second-order valence-corrected chi connectivity index (χ2v) is 9.13. The average molecular weight is 505 g/mol. The van der Waals surface area contributed by atoms with Crippen LogP contribution in [-0.4, -0.2) is 15.8 Å². The number of allylic oxidation sites excluding steroid dienone is 1. The van der Waals surface area contributed by atoms with Crippen LogP contribution in [0.2, 0.25) is 0 Å². The van der Waals surface area contributed by atoms with Crippen molar-refractivity contribution in [3.8, 4) is 0 Å². The van der Waals surface area contributed by atoms with Crippen LogP contribution in [-0.2, 0) is 0 Å². The Labute approximate surface area is 181 Å². The van der Waals surface area contributed by atoms with E-state index in [1.54, 1.807) is 0 Å². The van der Waals surface area contributed by atoms with E-state index >= 15 is 0 Å². The van der Waals surface area contributed by atoms with Gasteiger partial charge in [-0.05, 0) is 78.5 Å². The van der Waals surface area contributed by atoms with Gasteiger partial charge in [-0.3, -0.25) is 0 Å². The van der Waals surface area contributed by atoms with Gasteiger partial charge in [0.15, 0.2) is 5.11 Å². The van der Waals surface area contributed by atoms with Crippen molar-refractivity contribution in [1.82, 2.24) is 5.01 Å². The van der Waals surface area contributed by atoms with E-state index in [-0.39, 0.29) is 6.04 Å². The Balaban J connectivity index is 1.72. The van der Waals surface area contributed by atoms with Crippen LogP contribution in [0.1, 0.15) is 36.4 Å². The molecule has 0 amide bonds. The van der Waals surface area contributed by atoms with Gasteiger partial charge in [0.2, 0.25) is 0 Å². The summed E-state index contributed by atoms with van der Waals surface area (Å²) in [7, 11) is 0. The van der Waals surface area contributed by atoms with Gasteiger partial charge in [-0.15, -0.1) is 0 Å². The van der Waals surface area contributed by atoms with Crippen LogP contribution in [0.3, 0.4) is 0 Å². The molecule has 1 fully saturated rings. The predicted molar refractivity (Wildman–Crippen MR) is 122 cm³/mol. The van der Waals surface area contributed by atoms with Crippen molar-refractivity contribution in [3.05, 3.63) is 74.2 Å².